The summed E-state index contributed by atoms with van der Waals surface area (Å²) in [5, 5.41) is 13.0. The van der Waals surface area contributed by atoms with Crippen LogP contribution in [0.5, 0.6) is 11.5 Å². The Morgan fingerprint density at radius 2 is 1.90 bits per heavy atom. The Hall–Kier alpha value is -1.30. The fourth-order valence-corrected chi connectivity index (χ4v) is 1.87. The van der Waals surface area contributed by atoms with Crippen molar-refractivity contribution in [1.82, 2.24) is 5.32 Å². The molecule has 2 N–H and O–H groups in total. The molecule has 114 valence electrons. The molecule has 0 radical (unpaired) electrons. The molecule has 0 bridgehead atoms. The number of hydrogen-bond donors (Lipinski definition) is 2. The molecule has 0 aliphatic rings. The van der Waals surface area contributed by atoms with E-state index in [1.807, 2.05) is 32.0 Å². The van der Waals surface area contributed by atoms with Crippen LogP contribution in [-0.2, 0) is 4.74 Å². The van der Waals surface area contributed by atoms with Gasteiger partial charge in [-0.1, -0.05) is 6.07 Å². The molecule has 5 heteroatoms. The lowest BCUT2D eigenvalue weighted by molar-refractivity contribution is 0.0416. The summed E-state index contributed by atoms with van der Waals surface area (Å²) in [6, 6.07) is 5.90. The molecule has 0 aliphatic carbocycles. The molecule has 0 aliphatic heterocycles. The second kappa shape index (κ2) is 8.79. The minimum Gasteiger partial charge on any atom is -0.493 e. The summed E-state index contributed by atoms with van der Waals surface area (Å²) >= 11 is 0. The number of aliphatic hydroxyl groups excluding tert-OH is 1. The number of nitrogens with one attached hydrogen (secondary N) is 1. The van der Waals surface area contributed by atoms with Gasteiger partial charge in [0, 0.05) is 19.2 Å². The number of aliphatic hydroxyl groups is 1. The Morgan fingerprint density at radius 3 is 2.50 bits per heavy atom. The van der Waals surface area contributed by atoms with Crippen LogP contribution in [0.15, 0.2) is 18.2 Å². The number of ether oxygens (including phenoxy) is 3. The molecule has 1 aromatic carbocycles. The highest BCUT2D eigenvalue weighted by Crippen LogP contribution is 2.29. The molecule has 0 spiro atoms. The van der Waals surface area contributed by atoms with Crippen LogP contribution in [0.3, 0.4) is 0 Å². The van der Waals surface area contributed by atoms with Crippen molar-refractivity contribution in [2.45, 2.75) is 26.0 Å². The largest absolute Gasteiger partial charge is 0.493 e. The highest BCUT2D eigenvalue weighted by Gasteiger charge is 2.11. The second-order valence-corrected chi connectivity index (χ2v) is 4.56. The van der Waals surface area contributed by atoms with Crippen molar-refractivity contribution < 1.29 is 19.3 Å². The van der Waals surface area contributed by atoms with Crippen LogP contribution < -0.4 is 14.8 Å². The van der Waals surface area contributed by atoms with Crippen molar-refractivity contribution in [2.75, 3.05) is 34.0 Å². The first kappa shape index (κ1) is 16.8. The van der Waals surface area contributed by atoms with Gasteiger partial charge in [-0.25, -0.2) is 0 Å². The maximum atomic E-state index is 9.73. The zero-order valence-electron chi connectivity index (χ0n) is 12.7. The fraction of sp³-hybridized carbons (Fsp3) is 0.600. The normalized spacial score (nSPS) is 13.8. The number of rotatable bonds is 9. The van der Waals surface area contributed by atoms with Crippen molar-refractivity contribution in [3.05, 3.63) is 23.8 Å². The van der Waals surface area contributed by atoms with Crippen LogP contribution in [0.25, 0.3) is 0 Å². The van der Waals surface area contributed by atoms with Gasteiger partial charge in [0.2, 0.25) is 0 Å². The summed E-state index contributed by atoms with van der Waals surface area (Å²) < 4.78 is 15.7. The molecule has 2 unspecified atom stereocenters. The van der Waals surface area contributed by atoms with Gasteiger partial charge in [-0.3, -0.25) is 0 Å². The van der Waals surface area contributed by atoms with Gasteiger partial charge in [0.15, 0.2) is 11.5 Å². The van der Waals surface area contributed by atoms with E-state index in [-0.39, 0.29) is 6.04 Å². The Morgan fingerprint density at radius 1 is 1.20 bits per heavy atom. The van der Waals surface area contributed by atoms with E-state index in [0.29, 0.717) is 31.3 Å². The Kier molecular flexibility index (Phi) is 7.36. The van der Waals surface area contributed by atoms with E-state index in [1.165, 1.54) is 0 Å². The predicted octanol–water partition coefficient (Wildman–Crippen LogP) is 1.75. The first-order valence-electron chi connectivity index (χ1n) is 6.83. The Balaban J connectivity index is 2.56. The lowest BCUT2D eigenvalue weighted by Gasteiger charge is -2.18. The molecule has 2 atom stereocenters. The van der Waals surface area contributed by atoms with Crippen LogP contribution in [0.1, 0.15) is 25.5 Å². The van der Waals surface area contributed by atoms with Crippen LogP contribution in [0.4, 0.5) is 0 Å². The predicted molar refractivity (Wildman–Crippen MR) is 78.5 cm³/mol. The lowest BCUT2D eigenvalue weighted by atomic mass is 10.1. The van der Waals surface area contributed by atoms with Gasteiger partial charge in [0.1, 0.15) is 0 Å². The molecule has 0 saturated heterocycles. The van der Waals surface area contributed by atoms with Gasteiger partial charge in [-0.2, -0.15) is 0 Å². The van der Waals surface area contributed by atoms with Gasteiger partial charge in [-0.15, -0.1) is 0 Å². The van der Waals surface area contributed by atoms with Crippen molar-refractivity contribution in [3.63, 3.8) is 0 Å². The highest BCUT2D eigenvalue weighted by atomic mass is 16.5. The van der Waals surface area contributed by atoms with E-state index in [0.717, 1.165) is 5.56 Å². The molecular weight excluding hydrogens is 258 g/mol. The van der Waals surface area contributed by atoms with Crippen molar-refractivity contribution in [3.8, 4) is 11.5 Å². The number of hydrogen-bond acceptors (Lipinski definition) is 5. The molecule has 1 aromatic rings. The summed E-state index contributed by atoms with van der Waals surface area (Å²) in [7, 11) is 3.23. The molecule has 5 nitrogen and oxygen atoms in total. The minimum absolute atomic E-state index is 0.103. The summed E-state index contributed by atoms with van der Waals surface area (Å²) in [5.74, 6) is 1.41. The van der Waals surface area contributed by atoms with Crippen LogP contribution in [-0.4, -0.2) is 45.2 Å². The van der Waals surface area contributed by atoms with Gasteiger partial charge in [0.05, 0.1) is 26.9 Å². The lowest BCUT2D eigenvalue weighted by Crippen LogP contribution is -2.32. The Labute approximate surface area is 120 Å². The topological polar surface area (TPSA) is 60.0 Å². The number of benzene rings is 1. The van der Waals surface area contributed by atoms with E-state index < -0.39 is 6.10 Å². The third-order valence-corrected chi connectivity index (χ3v) is 3.08. The smallest absolute Gasteiger partial charge is 0.161 e. The molecule has 0 heterocycles. The average Bonchev–Trinajstić information content (AvgIpc) is 2.49. The quantitative estimate of drug-likeness (QED) is 0.723. The maximum Gasteiger partial charge on any atom is 0.161 e. The molecular formula is C15H25NO4. The summed E-state index contributed by atoms with van der Waals surface area (Å²) in [6.07, 6.45) is -0.502. The number of methoxy groups -OCH3 is 2. The third-order valence-electron chi connectivity index (χ3n) is 3.08. The fourth-order valence-electron chi connectivity index (χ4n) is 1.87. The molecule has 0 aromatic heterocycles. The molecule has 1 rings (SSSR count). The minimum atomic E-state index is -0.502. The van der Waals surface area contributed by atoms with E-state index in [4.69, 9.17) is 14.2 Å². The molecule has 0 amide bonds. The highest BCUT2D eigenvalue weighted by molar-refractivity contribution is 5.43. The first-order chi connectivity index (χ1) is 9.62. The van der Waals surface area contributed by atoms with Gasteiger partial charge < -0.3 is 24.6 Å². The van der Waals surface area contributed by atoms with Gasteiger partial charge in [0.25, 0.3) is 0 Å². The van der Waals surface area contributed by atoms with Crippen LogP contribution in [0, 0.1) is 0 Å². The Bertz CT molecular complexity index is 397. The van der Waals surface area contributed by atoms with Crippen LogP contribution in [0.2, 0.25) is 0 Å². The van der Waals surface area contributed by atoms with E-state index in [2.05, 4.69) is 5.32 Å². The van der Waals surface area contributed by atoms with Crippen molar-refractivity contribution in [2.24, 2.45) is 0 Å². The van der Waals surface area contributed by atoms with E-state index in [1.54, 1.807) is 14.2 Å². The van der Waals surface area contributed by atoms with Crippen LogP contribution >= 0.6 is 0 Å². The summed E-state index contributed by atoms with van der Waals surface area (Å²) in [6.45, 7) is 5.39. The van der Waals surface area contributed by atoms with Gasteiger partial charge in [-0.05, 0) is 31.5 Å². The van der Waals surface area contributed by atoms with Crippen molar-refractivity contribution in [1.29, 1.82) is 0 Å². The molecule has 0 saturated carbocycles. The molecule has 0 fully saturated rings. The molecule has 20 heavy (non-hydrogen) atoms. The second-order valence-electron chi connectivity index (χ2n) is 4.56. The first-order valence-corrected chi connectivity index (χ1v) is 6.83. The average molecular weight is 283 g/mol. The maximum absolute atomic E-state index is 9.73. The zero-order valence-corrected chi connectivity index (χ0v) is 12.7. The summed E-state index contributed by atoms with van der Waals surface area (Å²) in [4.78, 5) is 0. The monoisotopic (exact) mass is 283 g/mol. The van der Waals surface area contributed by atoms with Crippen molar-refractivity contribution >= 4 is 0 Å². The standard InChI is InChI=1S/C15H25NO4/c1-5-20-10-13(17)9-16-11(2)12-6-7-14(18-3)15(8-12)19-4/h6-8,11,13,16-17H,5,9-10H2,1-4H3. The zero-order chi connectivity index (χ0) is 15.0. The van der Waals surface area contributed by atoms with E-state index in [9.17, 15) is 5.11 Å². The van der Waals surface area contributed by atoms with E-state index >= 15 is 0 Å². The SMILES string of the molecule is CCOCC(O)CNC(C)c1ccc(OC)c(OC)c1. The summed E-state index contributed by atoms with van der Waals surface area (Å²) in [5.41, 5.74) is 1.08. The van der Waals surface area contributed by atoms with Gasteiger partial charge >= 0.3 is 0 Å². The third kappa shape index (κ3) is 5.00.